The molecule has 140 valence electrons. The second kappa shape index (κ2) is 7.22. The van der Waals surface area contributed by atoms with Gasteiger partial charge in [0.25, 0.3) is 5.89 Å². The van der Waals surface area contributed by atoms with Gasteiger partial charge < -0.3 is 9.52 Å². The molecule has 0 radical (unpaired) electrons. The fourth-order valence-electron chi connectivity index (χ4n) is 2.98. The minimum atomic E-state index is -1.08. The summed E-state index contributed by atoms with van der Waals surface area (Å²) in [6, 6.07) is 12.4. The highest BCUT2D eigenvalue weighted by molar-refractivity contribution is 7.11. The van der Waals surface area contributed by atoms with Gasteiger partial charge in [-0.3, -0.25) is 4.79 Å². The SMILES string of the molecule is Cc1ccc2nc(C(=O)Cc3scc(-c4ccc(Cl)cc4)c3C(=O)O)oc2c1. The molecule has 0 spiro atoms. The predicted molar refractivity (Wildman–Crippen MR) is 109 cm³/mol. The molecule has 4 aromatic rings. The average molecular weight is 412 g/mol. The molecule has 1 N–H and O–H groups in total. The van der Waals surface area contributed by atoms with Crippen molar-refractivity contribution >= 4 is 45.8 Å². The number of aryl methyl sites for hydroxylation is 1. The van der Waals surface area contributed by atoms with Gasteiger partial charge in [-0.1, -0.05) is 29.8 Å². The van der Waals surface area contributed by atoms with E-state index < -0.39 is 5.97 Å². The Balaban J connectivity index is 1.67. The van der Waals surface area contributed by atoms with E-state index in [1.807, 2.05) is 19.1 Å². The second-order valence-corrected chi connectivity index (χ2v) is 7.75. The molecule has 4 rings (SSSR count). The number of Topliss-reactive ketones (excluding diaryl/α,β-unsaturated/α-hetero) is 1. The lowest BCUT2D eigenvalue weighted by Gasteiger charge is -2.03. The third kappa shape index (κ3) is 3.44. The molecule has 0 atom stereocenters. The van der Waals surface area contributed by atoms with Gasteiger partial charge in [-0.05, 0) is 47.7 Å². The lowest BCUT2D eigenvalue weighted by molar-refractivity contribution is 0.0697. The maximum absolute atomic E-state index is 12.7. The Kier molecular flexibility index (Phi) is 4.75. The Morgan fingerprint density at radius 2 is 1.93 bits per heavy atom. The molecule has 0 bridgehead atoms. The van der Waals surface area contributed by atoms with Crippen LogP contribution in [0.2, 0.25) is 5.02 Å². The van der Waals surface area contributed by atoms with Gasteiger partial charge in [0.2, 0.25) is 5.78 Å². The summed E-state index contributed by atoms with van der Waals surface area (Å²) in [5.41, 5.74) is 3.55. The maximum Gasteiger partial charge on any atom is 0.337 e. The number of benzene rings is 2. The van der Waals surface area contributed by atoms with Crippen LogP contribution in [0.1, 0.15) is 31.5 Å². The number of hydrogen-bond donors (Lipinski definition) is 1. The Bertz CT molecular complexity index is 1210. The third-order valence-electron chi connectivity index (χ3n) is 4.34. The molecule has 7 heteroatoms. The van der Waals surface area contributed by atoms with Crippen LogP contribution in [0, 0.1) is 6.92 Å². The number of carboxylic acids is 1. The summed E-state index contributed by atoms with van der Waals surface area (Å²) in [5.74, 6) is -1.46. The quantitative estimate of drug-likeness (QED) is 0.430. The molecule has 0 fully saturated rings. The van der Waals surface area contributed by atoms with Crippen molar-refractivity contribution in [1.82, 2.24) is 4.98 Å². The van der Waals surface area contributed by atoms with Crippen LogP contribution in [0.25, 0.3) is 22.2 Å². The van der Waals surface area contributed by atoms with E-state index in [9.17, 15) is 14.7 Å². The number of aromatic nitrogens is 1. The van der Waals surface area contributed by atoms with Gasteiger partial charge in [0.05, 0.1) is 12.0 Å². The van der Waals surface area contributed by atoms with E-state index in [1.165, 1.54) is 11.3 Å². The molecular weight excluding hydrogens is 398 g/mol. The van der Waals surface area contributed by atoms with Crippen molar-refractivity contribution in [2.24, 2.45) is 0 Å². The fraction of sp³-hybridized carbons (Fsp3) is 0.0952. The average Bonchev–Trinajstić information content (AvgIpc) is 3.26. The first-order chi connectivity index (χ1) is 13.4. The summed E-state index contributed by atoms with van der Waals surface area (Å²) in [5, 5.41) is 12.0. The van der Waals surface area contributed by atoms with Crippen LogP contribution < -0.4 is 0 Å². The monoisotopic (exact) mass is 411 g/mol. The summed E-state index contributed by atoms with van der Waals surface area (Å²) in [4.78, 5) is 29.2. The Labute approximate surface area is 169 Å². The zero-order valence-electron chi connectivity index (χ0n) is 14.7. The van der Waals surface area contributed by atoms with Crippen LogP contribution in [0.3, 0.4) is 0 Å². The van der Waals surface area contributed by atoms with Crippen molar-refractivity contribution in [2.45, 2.75) is 13.3 Å². The largest absolute Gasteiger partial charge is 0.478 e. The Hall–Kier alpha value is -2.96. The molecule has 0 unspecified atom stereocenters. The fourth-order valence-corrected chi connectivity index (χ4v) is 4.15. The molecule has 2 aromatic carbocycles. The zero-order chi connectivity index (χ0) is 19.8. The molecule has 0 amide bonds. The minimum Gasteiger partial charge on any atom is -0.478 e. The summed E-state index contributed by atoms with van der Waals surface area (Å²) in [6.45, 7) is 1.92. The van der Waals surface area contributed by atoms with Crippen LogP contribution in [0.4, 0.5) is 0 Å². The molecule has 28 heavy (non-hydrogen) atoms. The first kappa shape index (κ1) is 18.4. The van der Waals surface area contributed by atoms with E-state index in [0.717, 1.165) is 11.1 Å². The van der Waals surface area contributed by atoms with Crippen LogP contribution in [-0.2, 0) is 6.42 Å². The van der Waals surface area contributed by atoms with E-state index in [-0.39, 0.29) is 23.7 Å². The number of fused-ring (bicyclic) bond motifs is 1. The molecule has 0 aliphatic heterocycles. The normalized spacial score (nSPS) is 11.1. The van der Waals surface area contributed by atoms with Gasteiger partial charge in [0.15, 0.2) is 5.58 Å². The highest BCUT2D eigenvalue weighted by Crippen LogP contribution is 2.33. The van der Waals surface area contributed by atoms with E-state index in [1.54, 1.807) is 35.7 Å². The van der Waals surface area contributed by atoms with Gasteiger partial charge >= 0.3 is 5.97 Å². The Morgan fingerprint density at radius 1 is 1.18 bits per heavy atom. The smallest absolute Gasteiger partial charge is 0.337 e. The molecular formula is C21H14ClNO4S. The molecule has 0 aliphatic carbocycles. The van der Waals surface area contributed by atoms with Gasteiger partial charge in [0, 0.05) is 15.5 Å². The molecule has 0 saturated carbocycles. The Morgan fingerprint density at radius 3 is 2.64 bits per heavy atom. The van der Waals surface area contributed by atoms with E-state index >= 15 is 0 Å². The predicted octanol–water partition coefficient (Wildman–Crippen LogP) is 5.64. The van der Waals surface area contributed by atoms with Crippen LogP contribution >= 0.6 is 22.9 Å². The third-order valence-corrected chi connectivity index (χ3v) is 5.58. The van der Waals surface area contributed by atoms with Gasteiger partial charge in [-0.2, -0.15) is 0 Å². The number of halogens is 1. The number of ketones is 1. The highest BCUT2D eigenvalue weighted by atomic mass is 35.5. The number of rotatable bonds is 5. The summed E-state index contributed by atoms with van der Waals surface area (Å²) >= 11 is 7.14. The van der Waals surface area contributed by atoms with Gasteiger partial charge in [0.1, 0.15) is 5.52 Å². The number of carbonyl (C=O) groups is 2. The number of nitrogens with zero attached hydrogens (tertiary/aromatic N) is 1. The first-order valence-electron chi connectivity index (χ1n) is 8.42. The number of thiophene rings is 1. The zero-order valence-corrected chi connectivity index (χ0v) is 16.3. The summed E-state index contributed by atoms with van der Waals surface area (Å²) in [6.07, 6.45) is -0.0916. The van der Waals surface area contributed by atoms with Crippen LogP contribution in [-0.4, -0.2) is 21.8 Å². The van der Waals surface area contributed by atoms with Crippen molar-refractivity contribution < 1.29 is 19.1 Å². The summed E-state index contributed by atoms with van der Waals surface area (Å²) < 4.78 is 5.57. The number of carboxylic acid groups (broad SMARTS) is 1. The van der Waals surface area contributed by atoms with Crippen LogP contribution in [0.5, 0.6) is 0 Å². The van der Waals surface area contributed by atoms with E-state index in [2.05, 4.69) is 4.98 Å². The molecule has 5 nitrogen and oxygen atoms in total. The summed E-state index contributed by atoms with van der Waals surface area (Å²) in [7, 11) is 0. The first-order valence-corrected chi connectivity index (χ1v) is 9.68. The number of carbonyl (C=O) groups excluding carboxylic acids is 1. The van der Waals surface area contributed by atoms with Crippen molar-refractivity contribution in [1.29, 1.82) is 0 Å². The van der Waals surface area contributed by atoms with E-state index in [4.69, 9.17) is 16.0 Å². The van der Waals surface area contributed by atoms with Crippen molar-refractivity contribution in [3.05, 3.63) is 74.8 Å². The van der Waals surface area contributed by atoms with Crippen LogP contribution in [0.15, 0.2) is 52.3 Å². The number of oxazole rings is 1. The lowest BCUT2D eigenvalue weighted by atomic mass is 10.0. The van der Waals surface area contributed by atoms with Crippen molar-refractivity contribution in [3.8, 4) is 11.1 Å². The molecule has 2 aromatic heterocycles. The molecule has 0 aliphatic rings. The number of aromatic carboxylic acids is 1. The maximum atomic E-state index is 12.7. The standard InChI is InChI=1S/C21H14ClNO4S/c1-11-2-7-15-17(8-11)27-20(23-15)16(24)9-18-19(21(25)26)14(10-28-18)12-3-5-13(22)6-4-12/h2-8,10H,9H2,1H3,(H,25,26). The molecule has 0 saturated heterocycles. The minimum absolute atomic E-state index is 0.0154. The van der Waals surface area contributed by atoms with E-state index in [0.29, 0.717) is 26.6 Å². The molecule has 2 heterocycles. The number of hydrogen-bond acceptors (Lipinski definition) is 5. The van der Waals surface area contributed by atoms with Crippen molar-refractivity contribution in [2.75, 3.05) is 0 Å². The van der Waals surface area contributed by atoms with Crippen molar-refractivity contribution in [3.63, 3.8) is 0 Å². The van der Waals surface area contributed by atoms with Gasteiger partial charge in [-0.15, -0.1) is 11.3 Å². The topological polar surface area (TPSA) is 80.4 Å². The highest BCUT2D eigenvalue weighted by Gasteiger charge is 2.23. The lowest BCUT2D eigenvalue weighted by Crippen LogP contribution is -2.07. The second-order valence-electron chi connectivity index (χ2n) is 6.35. The van der Waals surface area contributed by atoms with Gasteiger partial charge in [-0.25, -0.2) is 9.78 Å².